The molecule has 0 saturated carbocycles. The van der Waals surface area contributed by atoms with Gasteiger partial charge in [0.05, 0.1) is 15.8 Å². The van der Waals surface area contributed by atoms with Crippen molar-refractivity contribution >= 4 is 26.3 Å². The average Bonchev–Trinajstić information content (AvgIpc) is 2.69. The molecule has 0 aliphatic carbocycles. The molecule has 1 aromatic heterocycles. The summed E-state index contributed by atoms with van der Waals surface area (Å²) in [4.78, 5) is 0. The van der Waals surface area contributed by atoms with E-state index < -0.39 is 0 Å². The van der Waals surface area contributed by atoms with Crippen LogP contribution in [0.2, 0.25) is 0 Å². The zero-order chi connectivity index (χ0) is 11.0. The van der Waals surface area contributed by atoms with Gasteiger partial charge in [0.1, 0.15) is 0 Å². The maximum atomic E-state index is 3.65. The van der Waals surface area contributed by atoms with Gasteiger partial charge in [0.2, 0.25) is 0 Å². The van der Waals surface area contributed by atoms with E-state index in [1.807, 2.05) is 6.07 Å². The topological polar surface area (TPSA) is 4.93 Å². The van der Waals surface area contributed by atoms with E-state index in [2.05, 4.69) is 69.5 Å². The second-order valence-corrected chi connectivity index (χ2v) is 4.30. The van der Waals surface area contributed by atoms with Crippen LogP contribution in [0.15, 0.2) is 60.8 Å². The van der Waals surface area contributed by atoms with Crippen molar-refractivity contribution in [2.24, 2.45) is 0 Å². The summed E-state index contributed by atoms with van der Waals surface area (Å²) in [6.07, 6.45) is 2.11. The van der Waals surface area contributed by atoms with Crippen LogP contribution in [0.25, 0.3) is 16.6 Å². The molecule has 0 saturated heterocycles. The molecule has 2 heteroatoms. The van der Waals surface area contributed by atoms with Crippen LogP contribution >= 0.6 is 0 Å². The molecule has 0 N–H and O–H groups in total. The number of hydrogen-bond acceptors (Lipinski definition) is 0. The summed E-state index contributed by atoms with van der Waals surface area (Å²) in [6, 6.07) is 18.7. The fraction of sp³-hybridized carbons (Fsp3) is 0. The fourth-order valence-electron chi connectivity index (χ4n) is 1.98. The Morgan fingerprint density at radius 1 is 0.812 bits per heavy atom. The van der Waals surface area contributed by atoms with Crippen LogP contribution in [-0.2, 0) is 0 Å². The Balaban J connectivity index is 2.33. The Morgan fingerprint density at radius 2 is 1.50 bits per heavy atom. The molecule has 3 aromatic rings. The summed E-state index contributed by atoms with van der Waals surface area (Å²) in [5.41, 5.74) is 2.40. The minimum Gasteiger partial charge on any atom is -0.317 e. The third-order valence-electron chi connectivity index (χ3n) is 2.75. The van der Waals surface area contributed by atoms with Crippen LogP contribution in [-0.4, -0.2) is 14.8 Å². The van der Waals surface area contributed by atoms with Gasteiger partial charge in [-0.15, -0.1) is 0 Å². The van der Waals surface area contributed by atoms with E-state index in [1.165, 1.54) is 16.6 Å². The quantitative estimate of drug-likeness (QED) is 0.555. The van der Waals surface area contributed by atoms with Crippen molar-refractivity contribution < 1.29 is 0 Å². The number of benzene rings is 2. The Bertz CT molecular complexity index is 626. The van der Waals surface area contributed by atoms with Crippen LogP contribution in [0.1, 0.15) is 0 Å². The maximum Gasteiger partial charge on any atom is 0.0742 e. The van der Waals surface area contributed by atoms with E-state index >= 15 is 0 Å². The zero-order valence-corrected chi connectivity index (χ0v) is 9.72. The van der Waals surface area contributed by atoms with Crippen LogP contribution in [0.5, 0.6) is 0 Å². The summed E-state index contributed by atoms with van der Waals surface area (Å²) in [6.45, 7) is 0. The van der Waals surface area contributed by atoms with Crippen LogP contribution in [0.3, 0.4) is 0 Å². The average molecular weight is 220 g/mol. The molecular formula is C14H10NSi. The minimum absolute atomic E-state index is 1.12. The van der Waals surface area contributed by atoms with Gasteiger partial charge in [-0.3, -0.25) is 0 Å². The molecule has 3 rings (SSSR count). The minimum atomic E-state index is 1.12. The van der Waals surface area contributed by atoms with Crippen molar-refractivity contribution in [2.45, 2.75) is 0 Å². The van der Waals surface area contributed by atoms with Crippen molar-refractivity contribution in [3.8, 4) is 5.69 Å². The Hall–Kier alpha value is -1.80. The van der Waals surface area contributed by atoms with E-state index in [1.54, 1.807) is 0 Å². The largest absolute Gasteiger partial charge is 0.317 e. The lowest BCUT2D eigenvalue weighted by molar-refractivity contribution is 1.13. The molecule has 16 heavy (non-hydrogen) atoms. The molecule has 1 heterocycles. The molecule has 0 atom stereocenters. The van der Waals surface area contributed by atoms with Gasteiger partial charge in [-0.2, -0.15) is 0 Å². The molecule has 3 radical (unpaired) electrons. The van der Waals surface area contributed by atoms with Gasteiger partial charge >= 0.3 is 0 Å². The third-order valence-corrected chi connectivity index (χ3v) is 3.14. The highest BCUT2D eigenvalue weighted by Gasteiger charge is 2.04. The second-order valence-electron chi connectivity index (χ2n) is 3.77. The molecular weight excluding hydrogens is 210 g/mol. The molecule has 0 spiro atoms. The molecule has 1 nitrogen and oxygen atoms in total. The normalized spacial score (nSPS) is 10.8. The molecule has 2 aromatic carbocycles. The van der Waals surface area contributed by atoms with Gasteiger partial charge in [0, 0.05) is 11.9 Å². The summed E-state index contributed by atoms with van der Waals surface area (Å²) < 4.78 is 2.19. The molecule has 0 unspecified atom stereocenters. The van der Waals surface area contributed by atoms with E-state index in [0.29, 0.717) is 0 Å². The summed E-state index contributed by atoms with van der Waals surface area (Å²) >= 11 is 0. The molecule has 75 valence electrons. The van der Waals surface area contributed by atoms with Gasteiger partial charge in [0.15, 0.2) is 0 Å². The first kappa shape index (κ1) is 9.42. The lowest BCUT2D eigenvalue weighted by atomic mass is 10.2. The standard InChI is InChI=1S/C14H10NSi/c16-14-10-15(11-6-2-1-3-7-11)13-9-5-4-8-12(13)14/h1-10H. The zero-order valence-electron chi connectivity index (χ0n) is 8.72. The molecule has 0 bridgehead atoms. The van der Waals surface area contributed by atoms with Gasteiger partial charge in [-0.25, -0.2) is 0 Å². The Morgan fingerprint density at radius 3 is 2.31 bits per heavy atom. The maximum absolute atomic E-state index is 3.65. The number of nitrogens with zero attached hydrogens (tertiary/aromatic N) is 1. The highest BCUT2D eigenvalue weighted by atomic mass is 28.1. The molecule has 0 aliphatic heterocycles. The van der Waals surface area contributed by atoms with E-state index in [4.69, 9.17) is 0 Å². The van der Waals surface area contributed by atoms with Gasteiger partial charge < -0.3 is 4.57 Å². The fourth-order valence-corrected chi connectivity index (χ4v) is 2.32. The van der Waals surface area contributed by atoms with Gasteiger partial charge in [0.25, 0.3) is 0 Å². The highest BCUT2D eigenvalue weighted by molar-refractivity contribution is 6.39. The first-order chi connectivity index (χ1) is 7.86. The first-order valence-electron chi connectivity index (χ1n) is 5.23. The number of fused-ring (bicyclic) bond motifs is 1. The van der Waals surface area contributed by atoms with E-state index in [-0.39, 0.29) is 0 Å². The smallest absolute Gasteiger partial charge is 0.0742 e. The number of rotatable bonds is 1. The van der Waals surface area contributed by atoms with Crippen molar-refractivity contribution in [3.63, 3.8) is 0 Å². The van der Waals surface area contributed by atoms with Gasteiger partial charge in [-0.05, 0) is 28.8 Å². The lowest BCUT2D eigenvalue weighted by Gasteiger charge is -2.04. The molecule has 0 amide bonds. The number of hydrogen-bond donors (Lipinski definition) is 0. The van der Waals surface area contributed by atoms with Crippen molar-refractivity contribution in [1.82, 2.24) is 4.57 Å². The van der Waals surface area contributed by atoms with Gasteiger partial charge in [-0.1, -0.05) is 36.4 Å². The van der Waals surface area contributed by atoms with Crippen molar-refractivity contribution in [1.29, 1.82) is 0 Å². The first-order valence-corrected chi connectivity index (χ1v) is 5.73. The SMILES string of the molecule is [Si]c1cn(-c2ccccc2)c2ccccc12. The Kier molecular flexibility index (Phi) is 2.15. The predicted molar refractivity (Wildman–Crippen MR) is 68.7 cm³/mol. The monoisotopic (exact) mass is 220 g/mol. The predicted octanol–water partition coefficient (Wildman–Crippen LogP) is 2.42. The van der Waals surface area contributed by atoms with E-state index in [0.717, 1.165) is 5.19 Å². The van der Waals surface area contributed by atoms with Crippen molar-refractivity contribution in [2.75, 3.05) is 0 Å². The number of aromatic nitrogens is 1. The molecule has 0 fully saturated rings. The van der Waals surface area contributed by atoms with E-state index in [9.17, 15) is 0 Å². The second kappa shape index (κ2) is 3.65. The third kappa shape index (κ3) is 1.39. The Labute approximate surface area is 97.8 Å². The highest BCUT2D eigenvalue weighted by Crippen LogP contribution is 2.17. The lowest BCUT2D eigenvalue weighted by Crippen LogP contribution is -1.98. The summed E-state index contributed by atoms with van der Waals surface area (Å²) in [5, 5.41) is 2.36. The number of para-hydroxylation sites is 2. The summed E-state index contributed by atoms with van der Waals surface area (Å²) in [7, 11) is 3.65. The van der Waals surface area contributed by atoms with Crippen LogP contribution in [0.4, 0.5) is 0 Å². The van der Waals surface area contributed by atoms with Crippen molar-refractivity contribution in [3.05, 3.63) is 60.8 Å². The molecule has 0 aliphatic rings. The van der Waals surface area contributed by atoms with Crippen LogP contribution < -0.4 is 5.19 Å². The summed E-state index contributed by atoms with van der Waals surface area (Å²) in [5.74, 6) is 0. The van der Waals surface area contributed by atoms with Crippen LogP contribution in [0, 0.1) is 0 Å².